The molecule has 0 amide bonds. The molecule has 578 valence electrons. The van der Waals surface area contributed by atoms with Gasteiger partial charge < -0.3 is 48.3 Å². The summed E-state index contributed by atoms with van der Waals surface area (Å²) in [6.07, 6.45) is 29.3. The number of benzene rings is 1. The van der Waals surface area contributed by atoms with Gasteiger partial charge in [0, 0.05) is 43.0 Å². The molecule has 2 fully saturated rings. The van der Waals surface area contributed by atoms with Crippen molar-refractivity contribution in [3.63, 3.8) is 0 Å². The third-order valence-corrected chi connectivity index (χ3v) is 18.9. The Labute approximate surface area is 626 Å². The third-order valence-electron chi connectivity index (χ3n) is 18.0. The Bertz CT molecular complexity index is 2490. The first-order valence-corrected chi connectivity index (χ1v) is 40.1. The zero-order valence-corrected chi connectivity index (χ0v) is 69.9. The summed E-state index contributed by atoms with van der Waals surface area (Å²) in [5.74, 6) is 7.03. The minimum atomic E-state index is 0.491. The van der Waals surface area contributed by atoms with Crippen molar-refractivity contribution in [3.05, 3.63) is 155 Å². The number of nitrogens with zero attached hydrogens (tertiary/aromatic N) is 6. The minimum absolute atomic E-state index is 0.491. The largest absolute Gasteiger partial charge is 0.468 e. The number of hydrogen-bond donors (Lipinski definition) is 3. The van der Waals surface area contributed by atoms with Gasteiger partial charge in [0.1, 0.15) is 28.8 Å². The molecule has 1 aromatic carbocycles. The number of likely N-dealkylation sites (N-methyl/N-ethyl adjacent to an activating group) is 2. The number of alkyl halides is 2. The predicted octanol–water partition coefficient (Wildman–Crippen LogP) is 21.0. The molecule has 2 aliphatic heterocycles. The summed E-state index contributed by atoms with van der Waals surface area (Å²) in [5.41, 5.74) is 5.32. The van der Waals surface area contributed by atoms with Crippen LogP contribution < -0.4 is 16.0 Å². The van der Waals surface area contributed by atoms with Gasteiger partial charge in [0.2, 0.25) is 0 Å². The Morgan fingerprint density at radius 2 is 1.13 bits per heavy atom. The Kier molecular flexibility index (Phi) is 65.7. The predicted molar refractivity (Wildman–Crippen MR) is 439 cm³/mol. The third kappa shape index (κ3) is 55.6. The van der Waals surface area contributed by atoms with Crippen LogP contribution in [0.2, 0.25) is 0 Å². The quantitative estimate of drug-likeness (QED) is 0.0362. The Morgan fingerprint density at radius 1 is 0.530 bits per heavy atom. The summed E-state index contributed by atoms with van der Waals surface area (Å²) >= 11 is 12.0. The average Bonchev–Trinajstić information content (AvgIpc) is 1.52. The number of halogens is 2. The molecule has 3 unspecified atom stereocenters. The van der Waals surface area contributed by atoms with Crippen LogP contribution in [-0.2, 0) is 32.7 Å². The van der Waals surface area contributed by atoms with Gasteiger partial charge >= 0.3 is 0 Å². The molecule has 2 saturated carbocycles. The highest BCUT2D eigenvalue weighted by Gasteiger charge is 2.20. The molecular weight excluding hydrogens is 1280 g/mol. The Hall–Kier alpha value is -3.96. The molecule has 13 nitrogen and oxygen atoms in total. The van der Waals surface area contributed by atoms with Crippen molar-refractivity contribution in [1.82, 2.24) is 45.3 Å². The maximum Gasteiger partial charge on any atom is 0.120 e. The van der Waals surface area contributed by atoms with Crippen molar-refractivity contribution < 1.29 is 17.7 Å². The summed E-state index contributed by atoms with van der Waals surface area (Å²) in [4.78, 5) is 13.9. The van der Waals surface area contributed by atoms with Gasteiger partial charge in [0.05, 0.1) is 45.0 Å². The highest BCUT2D eigenvalue weighted by Crippen LogP contribution is 2.31. The monoisotopic (exact) mass is 1440 g/mol. The van der Waals surface area contributed by atoms with Crippen LogP contribution in [0.4, 0.5) is 0 Å². The molecule has 3 atom stereocenters. The van der Waals surface area contributed by atoms with Gasteiger partial charge in [-0.1, -0.05) is 183 Å². The molecule has 0 saturated heterocycles. The standard InChI is InChI=1S/C10H15N.2C9H17Cl.4C8H13NO.2C7H13N.C6H15N.C5H13N/c1-3-11(2)9-10-7-5-4-6-8-10;1-2-4-8-5-3-6-9(10)7-8;1-2-3-8-4-6-9(10)7-5-8;1-3-9-5-8-4-7(2)6-10-8;1-3-9-6-8-7(2)4-5-10-8;1-3-9-6-8-5-4-7(2)10-8;1-3-9(2)7-8-5-4-6-10-8;1-3-8-5-4-7(2)6-8;1-3-8-6-4-5-7(8)2;1-4-6-7(3)5-2;1-4-6(3)5-2/h4-8H,3,9H2,1-2H3;2*8-9H,2-7H2,1H3;4,6,9H,3,5H2,1-2H3;2*4-5,9H,3,6H2,1-2H3;4-6H,3,7H2,1-2H3;4H,3,5-6H2,1-2H3;4-5,7H,3,6H2,1-2H3;4-6H2,1-3H3;4-5H2,1-3H3. The van der Waals surface area contributed by atoms with E-state index in [1.807, 2.05) is 50.2 Å². The number of hydrogen-bond acceptors (Lipinski definition) is 13. The van der Waals surface area contributed by atoms with Gasteiger partial charge in [-0.3, -0.25) is 14.7 Å². The van der Waals surface area contributed by atoms with E-state index in [-0.39, 0.29) is 0 Å². The summed E-state index contributed by atoms with van der Waals surface area (Å²) in [7, 11) is 8.46. The summed E-state index contributed by atoms with van der Waals surface area (Å²) in [5, 5.41) is 10.6. The van der Waals surface area contributed by atoms with Crippen LogP contribution in [0, 0.1) is 32.6 Å². The second-order valence-electron chi connectivity index (χ2n) is 27.0. The Balaban J connectivity index is 0. The van der Waals surface area contributed by atoms with Crippen molar-refractivity contribution in [2.75, 3.05) is 120 Å². The molecule has 9 rings (SSSR count). The van der Waals surface area contributed by atoms with Gasteiger partial charge in [0.25, 0.3) is 0 Å². The number of furan rings is 4. The van der Waals surface area contributed by atoms with E-state index in [1.165, 1.54) is 145 Å². The summed E-state index contributed by atoms with van der Waals surface area (Å²) in [6.45, 7) is 58.8. The summed E-state index contributed by atoms with van der Waals surface area (Å²) in [6, 6.07) is 23.1. The SMILES string of the molecule is CCCC1CCC(Cl)CC1.CCCC1CCCC(Cl)C1.CCCN(C)CC.CCN(C)CC.CCN(C)Cc1ccccc1.CCN(C)Cc1ccco1.CCN1CC=C(C)C1.CCN1CC=CC1C.CCNCc1cc(C)co1.CCNCc1ccc(C)o1.CCNCc1occc1C. The van der Waals surface area contributed by atoms with Gasteiger partial charge in [-0.2, -0.15) is 0 Å². The number of aryl methyl sites for hydroxylation is 3. The van der Waals surface area contributed by atoms with E-state index in [0.717, 1.165) is 126 Å². The van der Waals surface area contributed by atoms with Crippen molar-refractivity contribution >= 4 is 23.2 Å². The van der Waals surface area contributed by atoms with Crippen LogP contribution in [0.3, 0.4) is 0 Å². The first-order valence-electron chi connectivity index (χ1n) is 39.2. The van der Waals surface area contributed by atoms with Crippen molar-refractivity contribution in [2.24, 2.45) is 11.8 Å². The van der Waals surface area contributed by atoms with E-state index in [0.29, 0.717) is 16.8 Å². The molecule has 6 heterocycles. The maximum absolute atomic E-state index is 6.05. The van der Waals surface area contributed by atoms with Crippen LogP contribution >= 0.6 is 23.2 Å². The van der Waals surface area contributed by atoms with Crippen molar-refractivity contribution in [1.29, 1.82) is 0 Å². The van der Waals surface area contributed by atoms with Crippen LogP contribution in [0.15, 0.2) is 127 Å². The smallest absolute Gasteiger partial charge is 0.120 e. The van der Waals surface area contributed by atoms with E-state index < -0.39 is 0 Å². The average molecular weight is 1440 g/mol. The second-order valence-corrected chi connectivity index (χ2v) is 28.3. The van der Waals surface area contributed by atoms with Crippen LogP contribution in [0.5, 0.6) is 0 Å². The van der Waals surface area contributed by atoms with E-state index >= 15 is 0 Å². The van der Waals surface area contributed by atoms with E-state index in [2.05, 4.69) is 233 Å². The van der Waals surface area contributed by atoms with E-state index in [9.17, 15) is 0 Å². The first-order chi connectivity index (χ1) is 48.1. The second kappa shape index (κ2) is 67.0. The molecule has 0 spiro atoms. The molecule has 5 aromatic rings. The van der Waals surface area contributed by atoms with Crippen LogP contribution in [0.1, 0.15) is 233 Å². The molecule has 0 radical (unpaired) electrons. The van der Waals surface area contributed by atoms with Gasteiger partial charge in [0.15, 0.2) is 0 Å². The van der Waals surface area contributed by atoms with Crippen LogP contribution in [-0.4, -0.2) is 166 Å². The molecule has 100 heavy (non-hydrogen) atoms. The lowest BCUT2D eigenvalue weighted by atomic mass is 9.86. The highest BCUT2D eigenvalue weighted by atomic mass is 35.5. The van der Waals surface area contributed by atoms with E-state index in [4.69, 9.17) is 40.9 Å². The number of nitrogens with one attached hydrogen (secondary N) is 3. The fraction of sp³-hybridized carbons (Fsp3) is 0.694. The summed E-state index contributed by atoms with van der Waals surface area (Å²) < 4.78 is 20.9. The molecule has 15 heteroatoms. The fourth-order valence-corrected chi connectivity index (χ4v) is 11.5. The molecule has 4 aromatic heterocycles. The van der Waals surface area contributed by atoms with Crippen molar-refractivity contribution in [2.45, 2.75) is 258 Å². The zero-order valence-electron chi connectivity index (χ0n) is 68.4. The van der Waals surface area contributed by atoms with Gasteiger partial charge in [-0.15, -0.1) is 23.2 Å². The van der Waals surface area contributed by atoms with Gasteiger partial charge in [-0.05, 0) is 245 Å². The maximum atomic E-state index is 6.05. The minimum Gasteiger partial charge on any atom is -0.468 e. The lowest BCUT2D eigenvalue weighted by molar-refractivity contribution is 0.302. The lowest BCUT2D eigenvalue weighted by Gasteiger charge is -2.24. The molecule has 0 bridgehead atoms. The lowest BCUT2D eigenvalue weighted by Crippen LogP contribution is -2.26. The normalized spacial score (nSPS) is 17.5. The molecule has 3 N–H and O–H groups in total. The van der Waals surface area contributed by atoms with Crippen LogP contribution in [0.25, 0.3) is 0 Å². The van der Waals surface area contributed by atoms with Crippen molar-refractivity contribution in [3.8, 4) is 0 Å². The molecule has 4 aliphatic rings. The molecular formula is C85H155Cl2N9O4. The Morgan fingerprint density at radius 3 is 1.54 bits per heavy atom. The first kappa shape index (κ1) is 98.1. The fourth-order valence-electron chi connectivity index (χ4n) is 10.9. The zero-order chi connectivity index (χ0) is 75.1. The topological polar surface area (TPSA) is 108 Å². The van der Waals surface area contributed by atoms with Gasteiger partial charge in [-0.25, -0.2) is 0 Å². The number of rotatable bonds is 26. The van der Waals surface area contributed by atoms with E-state index in [1.54, 1.807) is 18.8 Å². The molecule has 2 aliphatic carbocycles. The highest BCUT2D eigenvalue weighted by molar-refractivity contribution is 6.20.